The lowest BCUT2D eigenvalue weighted by molar-refractivity contribution is 0.197. The van der Waals surface area contributed by atoms with E-state index in [-0.39, 0.29) is 0 Å². The van der Waals surface area contributed by atoms with Crippen LogP contribution >= 0.6 is 12.2 Å². The number of para-hydroxylation sites is 2. The second-order valence-electron chi connectivity index (χ2n) is 4.73. The zero-order valence-corrected chi connectivity index (χ0v) is 13.3. The Bertz CT molecular complexity index is 426. The quantitative estimate of drug-likeness (QED) is 0.709. The van der Waals surface area contributed by atoms with E-state index >= 15 is 0 Å². The molecule has 0 radical (unpaired) electrons. The van der Waals surface area contributed by atoms with Gasteiger partial charge in [-0.3, -0.25) is 4.90 Å². The first-order chi connectivity index (χ1) is 9.54. The molecule has 0 spiro atoms. The molecule has 1 rings (SSSR count). The smallest absolute Gasteiger partial charge is 0.161 e. The van der Waals surface area contributed by atoms with Crippen LogP contribution in [0.2, 0.25) is 0 Å². The summed E-state index contributed by atoms with van der Waals surface area (Å²) >= 11 is 4.93. The third-order valence-electron chi connectivity index (χ3n) is 3.10. The van der Waals surface area contributed by atoms with Crippen molar-refractivity contribution in [3.63, 3.8) is 0 Å². The van der Waals surface area contributed by atoms with Crippen LogP contribution in [-0.2, 0) is 0 Å². The van der Waals surface area contributed by atoms with E-state index in [1.807, 2.05) is 38.2 Å². The summed E-state index contributed by atoms with van der Waals surface area (Å²) in [7, 11) is 2.04. The molecule has 1 unspecified atom stereocenters. The van der Waals surface area contributed by atoms with Crippen LogP contribution < -0.4 is 15.2 Å². The van der Waals surface area contributed by atoms with E-state index in [0.29, 0.717) is 24.2 Å². The summed E-state index contributed by atoms with van der Waals surface area (Å²) in [5, 5.41) is 0. The van der Waals surface area contributed by atoms with Gasteiger partial charge in [-0.15, -0.1) is 0 Å². The number of benzene rings is 1. The number of thiocarbonyl (C=S) groups is 1. The van der Waals surface area contributed by atoms with Gasteiger partial charge in [-0.2, -0.15) is 0 Å². The maximum atomic E-state index is 5.78. The van der Waals surface area contributed by atoms with Gasteiger partial charge in [-0.1, -0.05) is 24.4 Å². The molecule has 0 aromatic heterocycles. The summed E-state index contributed by atoms with van der Waals surface area (Å²) in [6, 6.07) is 8.03. The molecule has 1 aromatic carbocycles. The Morgan fingerprint density at radius 1 is 1.30 bits per heavy atom. The highest BCUT2D eigenvalue weighted by atomic mass is 32.1. The lowest BCUT2D eigenvalue weighted by Gasteiger charge is -2.24. The fourth-order valence-corrected chi connectivity index (χ4v) is 2.05. The Balaban J connectivity index is 2.42. The maximum absolute atomic E-state index is 5.78. The summed E-state index contributed by atoms with van der Waals surface area (Å²) in [4.78, 5) is 2.73. The van der Waals surface area contributed by atoms with Gasteiger partial charge in [0.1, 0.15) is 6.61 Å². The number of hydrogen-bond donors (Lipinski definition) is 1. The molecule has 112 valence electrons. The lowest BCUT2D eigenvalue weighted by Crippen LogP contribution is -2.35. The normalized spacial score (nSPS) is 12.2. The Labute approximate surface area is 126 Å². The molecule has 0 fully saturated rings. The van der Waals surface area contributed by atoms with Gasteiger partial charge in [0.25, 0.3) is 0 Å². The Morgan fingerprint density at radius 2 is 1.90 bits per heavy atom. The SMILES string of the molecule is CCOc1ccccc1OCCN(C)C(C)CC(N)=S. The number of rotatable bonds is 9. The molecule has 0 saturated carbocycles. The van der Waals surface area contributed by atoms with Crippen LogP contribution in [0.15, 0.2) is 24.3 Å². The topological polar surface area (TPSA) is 47.7 Å². The fourth-order valence-electron chi connectivity index (χ4n) is 1.81. The monoisotopic (exact) mass is 296 g/mol. The van der Waals surface area contributed by atoms with E-state index < -0.39 is 0 Å². The second kappa shape index (κ2) is 8.76. The lowest BCUT2D eigenvalue weighted by atomic mass is 10.2. The highest BCUT2D eigenvalue weighted by Crippen LogP contribution is 2.26. The molecule has 0 heterocycles. The van der Waals surface area contributed by atoms with Gasteiger partial charge in [0, 0.05) is 19.0 Å². The molecular weight excluding hydrogens is 272 g/mol. The molecule has 4 nitrogen and oxygen atoms in total. The largest absolute Gasteiger partial charge is 0.490 e. The standard InChI is InChI=1S/C15H24N2O2S/c1-4-18-13-7-5-6-8-14(13)19-10-9-17(3)12(2)11-15(16)20/h5-8,12H,4,9-11H2,1-3H3,(H2,16,20). The first kappa shape index (κ1) is 16.7. The Kier molecular flexibility index (Phi) is 7.33. The van der Waals surface area contributed by atoms with E-state index in [0.717, 1.165) is 24.5 Å². The molecule has 0 saturated heterocycles. The summed E-state index contributed by atoms with van der Waals surface area (Å²) < 4.78 is 11.3. The van der Waals surface area contributed by atoms with Crippen LogP contribution in [0.3, 0.4) is 0 Å². The van der Waals surface area contributed by atoms with Crippen LogP contribution in [-0.4, -0.2) is 42.7 Å². The van der Waals surface area contributed by atoms with Crippen molar-refractivity contribution in [1.82, 2.24) is 4.90 Å². The zero-order valence-electron chi connectivity index (χ0n) is 12.5. The molecule has 0 amide bonds. The zero-order chi connectivity index (χ0) is 15.0. The fraction of sp³-hybridized carbons (Fsp3) is 0.533. The van der Waals surface area contributed by atoms with Crippen molar-refractivity contribution in [1.29, 1.82) is 0 Å². The first-order valence-electron chi connectivity index (χ1n) is 6.87. The molecule has 2 N–H and O–H groups in total. The highest BCUT2D eigenvalue weighted by molar-refractivity contribution is 7.80. The van der Waals surface area contributed by atoms with Crippen LogP contribution in [0.1, 0.15) is 20.3 Å². The van der Waals surface area contributed by atoms with Crippen molar-refractivity contribution in [2.24, 2.45) is 5.73 Å². The second-order valence-corrected chi connectivity index (χ2v) is 5.25. The van der Waals surface area contributed by atoms with Crippen LogP contribution in [0.4, 0.5) is 0 Å². The minimum atomic E-state index is 0.318. The minimum absolute atomic E-state index is 0.318. The Hall–Kier alpha value is -1.33. The summed E-state index contributed by atoms with van der Waals surface area (Å²) in [6.07, 6.45) is 0.724. The van der Waals surface area contributed by atoms with E-state index in [1.54, 1.807) is 0 Å². The average molecular weight is 296 g/mol. The predicted octanol–water partition coefficient (Wildman–Crippen LogP) is 2.46. The van der Waals surface area contributed by atoms with Gasteiger partial charge in [0.2, 0.25) is 0 Å². The molecule has 5 heteroatoms. The number of nitrogens with zero attached hydrogens (tertiary/aromatic N) is 1. The van der Waals surface area contributed by atoms with Crippen LogP contribution in [0.5, 0.6) is 11.5 Å². The summed E-state index contributed by atoms with van der Waals surface area (Å²) in [5.41, 5.74) is 5.56. The highest BCUT2D eigenvalue weighted by Gasteiger charge is 2.10. The van der Waals surface area contributed by atoms with E-state index in [1.165, 1.54) is 0 Å². The van der Waals surface area contributed by atoms with Gasteiger partial charge >= 0.3 is 0 Å². The van der Waals surface area contributed by atoms with Gasteiger partial charge in [-0.05, 0) is 33.0 Å². The number of hydrogen-bond acceptors (Lipinski definition) is 4. The minimum Gasteiger partial charge on any atom is -0.490 e. The number of likely N-dealkylation sites (N-methyl/N-ethyl adjacent to an activating group) is 1. The molecular formula is C15H24N2O2S. The summed E-state index contributed by atoms with van der Waals surface area (Å²) in [6.45, 7) is 6.10. The van der Waals surface area contributed by atoms with Crippen molar-refractivity contribution in [2.75, 3.05) is 26.8 Å². The van der Waals surface area contributed by atoms with Crippen molar-refractivity contribution in [3.8, 4) is 11.5 Å². The van der Waals surface area contributed by atoms with Gasteiger partial charge in [0.05, 0.1) is 11.6 Å². The summed E-state index contributed by atoms with van der Waals surface area (Å²) in [5.74, 6) is 1.57. The molecule has 0 aliphatic carbocycles. The van der Waals surface area contributed by atoms with E-state index in [9.17, 15) is 0 Å². The number of nitrogens with two attached hydrogens (primary N) is 1. The van der Waals surface area contributed by atoms with E-state index in [4.69, 9.17) is 27.4 Å². The number of ether oxygens (including phenoxy) is 2. The third kappa shape index (κ3) is 5.75. The van der Waals surface area contributed by atoms with Crippen LogP contribution in [0, 0.1) is 0 Å². The van der Waals surface area contributed by atoms with E-state index in [2.05, 4.69) is 11.8 Å². The van der Waals surface area contributed by atoms with Crippen LogP contribution in [0.25, 0.3) is 0 Å². The predicted molar refractivity (Wildman–Crippen MR) is 86.6 cm³/mol. The van der Waals surface area contributed by atoms with Crippen molar-refractivity contribution < 1.29 is 9.47 Å². The van der Waals surface area contributed by atoms with Gasteiger partial charge < -0.3 is 15.2 Å². The van der Waals surface area contributed by atoms with Crippen molar-refractivity contribution in [2.45, 2.75) is 26.3 Å². The molecule has 0 bridgehead atoms. The molecule has 1 aromatic rings. The third-order valence-corrected chi connectivity index (χ3v) is 3.27. The van der Waals surface area contributed by atoms with Gasteiger partial charge in [-0.25, -0.2) is 0 Å². The first-order valence-corrected chi connectivity index (χ1v) is 7.28. The Morgan fingerprint density at radius 3 is 2.45 bits per heavy atom. The molecule has 0 aliphatic rings. The van der Waals surface area contributed by atoms with Crippen molar-refractivity contribution >= 4 is 17.2 Å². The van der Waals surface area contributed by atoms with Crippen molar-refractivity contribution in [3.05, 3.63) is 24.3 Å². The van der Waals surface area contributed by atoms with Gasteiger partial charge in [0.15, 0.2) is 11.5 Å². The molecule has 20 heavy (non-hydrogen) atoms. The molecule has 0 aliphatic heterocycles. The maximum Gasteiger partial charge on any atom is 0.161 e. The molecule has 1 atom stereocenters. The average Bonchev–Trinajstić information content (AvgIpc) is 2.40.